The molecule has 0 rings (SSSR count). The van der Waals surface area contributed by atoms with E-state index < -0.39 is 6.23 Å². The summed E-state index contributed by atoms with van der Waals surface area (Å²) in [5, 5.41) is 8.44. The summed E-state index contributed by atoms with van der Waals surface area (Å²) in [6.45, 7) is 3.94. The second kappa shape index (κ2) is 2.99. The van der Waals surface area contributed by atoms with E-state index in [1.807, 2.05) is 13.8 Å². The van der Waals surface area contributed by atoms with Gasteiger partial charge >= 0.3 is 0 Å². The average Bonchev–Trinajstić information content (AvgIpc) is 1.27. The van der Waals surface area contributed by atoms with Gasteiger partial charge in [0.05, 0.1) is 0 Å². The zero-order chi connectivity index (χ0) is 5.86. The van der Waals surface area contributed by atoms with Gasteiger partial charge < -0.3 is 10.8 Å². The van der Waals surface area contributed by atoms with E-state index in [-0.39, 0.29) is 0 Å². The molecule has 0 amide bonds. The van der Waals surface area contributed by atoms with E-state index in [9.17, 15) is 0 Å². The highest BCUT2D eigenvalue weighted by Crippen LogP contribution is 1.96. The molecule has 7 heavy (non-hydrogen) atoms. The molecule has 0 saturated carbocycles. The van der Waals surface area contributed by atoms with Gasteiger partial charge in [-0.1, -0.05) is 13.8 Å². The molecule has 0 bridgehead atoms. The smallest absolute Gasteiger partial charge is 0.105 e. The number of rotatable bonds is 2. The Balaban J connectivity index is 2.95. The van der Waals surface area contributed by atoms with Crippen LogP contribution >= 0.6 is 0 Å². The molecule has 0 aliphatic rings. The predicted octanol–water partition coefficient (Wildman–Crippen LogP) is 0.124. The minimum atomic E-state index is -0.750. The highest BCUT2D eigenvalue weighted by atomic mass is 16.3. The number of aliphatic hydroxyl groups excluding tert-OH is 1. The lowest BCUT2D eigenvalue weighted by Gasteiger charge is -2.04. The first-order chi connectivity index (χ1) is 3.13. The summed E-state index contributed by atoms with van der Waals surface area (Å²) in [5.74, 6) is 0.375. The van der Waals surface area contributed by atoms with Crippen molar-refractivity contribution in [3.8, 4) is 0 Å². The Kier molecular flexibility index (Phi) is 2.96. The number of nitrogens with two attached hydrogens (primary N) is 1. The van der Waals surface area contributed by atoms with Crippen molar-refractivity contribution in [3.05, 3.63) is 6.42 Å². The van der Waals surface area contributed by atoms with E-state index in [1.54, 1.807) is 6.42 Å². The van der Waals surface area contributed by atoms with Crippen molar-refractivity contribution in [1.29, 1.82) is 0 Å². The zero-order valence-corrected chi connectivity index (χ0v) is 4.76. The van der Waals surface area contributed by atoms with Crippen molar-refractivity contribution in [2.75, 3.05) is 0 Å². The third-order valence-electron chi connectivity index (χ3n) is 0.582. The molecule has 0 saturated heterocycles. The molecule has 0 heterocycles. The molecule has 0 spiro atoms. The molecule has 2 nitrogen and oxygen atoms in total. The van der Waals surface area contributed by atoms with E-state index in [1.165, 1.54) is 0 Å². The van der Waals surface area contributed by atoms with Gasteiger partial charge in [-0.2, -0.15) is 0 Å². The minimum absolute atomic E-state index is 0.375. The molecule has 0 aliphatic carbocycles. The van der Waals surface area contributed by atoms with Gasteiger partial charge in [0.1, 0.15) is 6.23 Å². The van der Waals surface area contributed by atoms with Gasteiger partial charge in [0.2, 0.25) is 0 Å². The summed E-state index contributed by atoms with van der Waals surface area (Å²) in [4.78, 5) is 0. The van der Waals surface area contributed by atoms with Crippen LogP contribution < -0.4 is 5.73 Å². The highest BCUT2D eigenvalue weighted by molar-refractivity contribution is 4.72. The van der Waals surface area contributed by atoms with Crippen LogP contribution in [0.5, 0.6) is 0 Å². The normalized spacial score (nSPS) is 15.0. The molecule has 0 aromatic heterocycles. The fourth-order valence-corrected chi connectivity index (χ4v) is 0.394. The van der Waals surface area contributed by atoms with E-state index in [0.717, 1.165) is 0 Å². The lowest BCUT2D eigenvalue weighted by atomic mass is 10.1. The van der Waals surface area contributed by atoms with Crippen molar-refractivity contribution >= 4 is 0 Å². The summed E-state index contributed by atoms with van der Waals surface area (Å²) in [6.07, 6.45) is 0.917. The molecular formula is C5H12NO. The molecule has 1 unspecified atom stereocenters. The Morgan fingerprint density at radius 1 is 1.57 bits per heavy atom. The number of hydrogen-bond donors (Lipinski definition) is 2. The first kappa shape index (κ1) is 6.92. The standard InChI is InChI=1S/C5H12NO/c1-4(2)3-5(6)7/h3-5,7H,6H2,1-2H3. The number of hydrogen-bond acceptors (Lipinski definition) is 2. The van der Waals surface area contributed by atoms with Crippen LogP contribution in [0.1, 0.15) is 13.8 Å². The van der Waals surface area contributed by atoms with Gasteiger partial charge in [0.15, 0.2) is 0 Å². The summed E-state index contributed by atoms with van der Waals surface area (Å²) in [5.41, 5.74) is 4.99. The fraction of sp³-hybridized carbons (Fsp3) is 0.800. The van der Waals surface area contributed by atoms with Crippen molar-refractivity contribution < 1.29 is 5.11 Å². The summed E-state index contributed by atoms with van der Waals surface area (Å²) < 4.78 is 0. The Morgan fingerprint density at radius 3 is 2.00 bits per heavy atom. The summed E-state index contributed by atoms with van der Waals surface area (Å²) in [7, 11) is 0. The molecule has 3 N–H and O–H groups in total. The predicted molar refractivity (Wildman–Crippen MR) is 29.3 cm³/mol. The maximum atomic E-state index is 8.44. The van der Waals surface area contributed by atoms with Crippen LogP contribution in [0.25, 0.3) is 0 Å². The minimum Gasteiger partial charge on any atom is -0.379 e. The van der Waals surface area contributed by atoms with Gasteiger partial charge in [-0.05, 0) is 5.92 Å². The molecule has 2 heteroatoms. The maximum Gasteiger partial charge on any atom is 0.105 e. The van der Waals surface area contributed by atoms with E-state index in [4.69, 9.17) is 10.8 Å². The lowest BCUT2D eigenvalue weighted by Crippen LogP contribution is -2.21. The van der Waals surface area contributed by atoms with Crippen molar-refractivity contribution in [2.45, 2.75) is 20.1 Å². The van der Waals surface area contributed by atoms with Gasteiger partial charge in [-0.15, -0.1) is 0 Å². The van der Waals surface area contributed by atoms with Gasteiger partial charge in [-0.25, -0.2) is 0 Å². The van der Waals surface area contributed by atoms with Gasteiger partial charge in [-0.3, -0.25) is 0 Å². The van der Waals surface area contributed by atoms with E-state index >= 15 is 0 Å². The largest absolute Gasteiger partial charge is 0.379 e. The Morgan fingerprint density at radius 2 is 2.00 bits per heavy atom. The molecule has 0 fully saturated rings. The first-order valence-electron chi connectivity index (χ1n) is 2.41. The Labute approximate surface area is 44.3 Å². The first-order valence-corrected chi connectivity index (χ1v) is 2.41. The molecule has 0 aliphatic heterocycles. The van der Waals surface area contributed by atoms with Crippen molar-refractivity contribution in [1.82, 2.24) is 0 Å². The second-order valence-electron chi connectivity index (χ2n) is 1.93. The SMILES string of the molecule is CC(C)[CH]C(N)O. The van der Waals surface area contributed by atoms with E-state index in [0.29, 0.717) is 5.92 Å². The van der Waals surface area contributed by atoms with E-state index in [2.05, 4.69) is 0 Å². The Bertz CT molecular complexity index is 37.3. The fourth-order valence-electron chi connectivity index (χ4n) is 0.394. The van der Waals surface area contributed by atoms with Crippen LogP contribution in [0.4, 0.5) is 0 Å². The van der Waals surface area contributed by atoms with Crippen LogP contribution in [0.2, 0.25) is 0 Å². The molecule has 1 atom stereocenters. The molecule has 1 radical (unpaired) electrons. The topological polar surface area (TPSA) is 46.2 Å². The van der Waals surface area contributed by atoms with Crippen LogP contribution in [-0.4, -0.2) is 11.3 Å². The molecular weight excluding hydrogens is 90.1 g/mol. The summed E-state index contributed by atoms with van der Waals surface area (Å²) in [6, 6.07) is 0. The van der Waals surface area contributed by atoms with Crippen LogP contribution in [-0.2, 0) is 0 Å². The highest BCUT2D eigenvalue weighted by Gasteiger charge is 1.98. The van der Waals surface area contributed by atoms with Gasteiger partial charge in [0.25, 0.3) is 0 Å². The number of aliphatic hydroxyl groups is 1. The quantitative estimate of drug-likeness (QED) is 0.486. The summed E-state index contributed by atoms with van der Waals surface area (Å²) >= 11 is 0. The second-order valence-corrected chi connectivity index (χ2v) is 1.93. The monoisotopic (exact) mass is 102 g/mol. The maximum absolute atomic E-state index is 8.44. The Hall–Kier alpha value is -0.0800. The van der Waals surface area contributed by atoms with Crippen molar-refractivity contribution in [2.24, 2.45) is 11.7 Å². The molecule has 43 valence electrons. The average molecular weight is 102 g/mol. The van der Waals surface area contributed by atoms with Crippen molar-refractivity contribution in [3.63, 3.8) is 0 Å². The van der Waals surface area contributed by atoms with Crippen LogP contribution in [0, 0.1) is 12.3 Å². The third-order valence-corrected chi connectivity index (χ3v) is 0.582. The third kappa shape index (κ3) is 5.92. The van der Waals surface area contributed by atoms with Gasteiger partial charge in [0, 0.05) is 6.42 Å². The molecule has 0 aromatic rings. The van der Waals surface area contributed by atoms with Crippen LogP contribution in [0.15, 0.2) is 0 Å². The van der Waals surface area contributed by atoms with Crippen LogP contribution in [0.3, 0.4) is 0 Å². The zero-order valence-electron chi connectivity index (χ0n) is 4.76. The molecule has 0 aromatic carbocycles. The lowest BCUT2D eigenvalue weighted by molar-refractivity contribution is 0.203.